The number of carbonyl (C=O) groups excluding carboxylic acids is 1. The zero-order valence-electron chi connectivity index (χ0n) is 19.0. The second-order valence-corrected chi connectivity index (χ2v) is 8.83. The van der Waals surface area contributed by atoms with Crippen LogP contribution in [-0.4, -0.2) is 78.7 Å². The first-order valence-electron chi connectivity index (χ1n) is 10.9. The lowest BCUT2D eigenvalue weighted by Crippen LogP contribution is -2.51. The number of piperazine rings is 1. The number of hydrogen-bond acceptors (Lipinski definition) is 7. The molecule has 1 aromatic carbocycles. The summed E-state index contributed by atoms with van der Waals surface area (Å²) >= 11 is 7.68. The van der Waals surface area contributed by atoms with E-state index in [-0.39, 0.29) is 12.5 Å². The van der Waals surface area contributed by atoms with Crippen LogP contribution >= 0.6 is 22.9 Å². The molecule has 10 heteroatoms. The predicted molar refractivity (Wildman–Crippen MR) is 134 cm³/mol. The van der Waals surface area contributed by atoms with E-state index in [2.05, 4.69) is 14.9 Å². The molecule has 0 saturated carbocycles. The number of amides is 1. The molecule has 0 bridgehead atoms. The molecule has 1 saturated heterocycles. The first kappa shape index (κ1) is 23.3. The fourth-order valence-electron chi connectivity index (χ4n) is 3.95. The van der Waals surface area contributed by atoms with Gasteiger partial charge < -0.3 is 14.5 Å². The fraction of sp³-hybridized carbons (Fsp3) is 0.391. The van der Waals surface area contributed by atoms with Gasteiger partial charge in [0, 0.05) is 61.6 Å². The Labute approximate surface area is 202 Å². The van der Waals surface area contributed by atoms with Gasteiger partial charge in [0.1, 0.15) is 23.0 Å². The lowest BCUT2D eigenvalue weighted by atomic mass is 10.1. The Morgan fingerprint density at radius 2 is 2.09 bits per heavy atom. The smallest absolute Gasteiger partial charge is 0.244 e. The maximum absolute atomic E-state index is 13.2. The number of aromatic nitrogens is 1. The molecule has 0 aliphatic carbocycles. The number of nitrogens with zero attached hydrogens (tertiary/aromatic N) is 6. The lowest BCUT2D eigenvalue weighted by molar-refractivity contribution is -0.131. The number of carbonyl (C=O) groups is 1. The minimum absolute atomic E-state index is 0.0340. The molecular weight excluding hydrogens is 460 g/mol. The van der Waals surface area contributed by atoms with Crippen LogP contribution in [0.1, 0.15) is 18.9 Å². The van der Waals surface area contributed by atoms with Crippen molar-refractivity contribution in [1.82, 2.24) is 14.9 Å². The Morgan fingerprint density at radius 1 is 1.30 bits per heavy atom. The highest BCUT2D eigenvalue weighted by Crippen LogP contribution is 2.30. The van der Waals surface area contributed by atoms with Crippen molar-refractivity contribution in [3.8, 4) is 5.75 Å². The average molecular weight is 487 g/mol. The zero-order valence-corrected chi connectivity index (χ0v) is 20.6. The third kappa shape index (κ3) is 4.89. The fourth-order valence-corrected chi connectivity index (χ4v) is 4.77. The van der Waals surface area contributed by atoms with Crippen molar-refractivity contribution < 1.29 is 9.53 Å². The molecule has 1 fully saturated rings. The number of anilines is 1. The van der Waals surface area contributed by atoms with Crippen molar-refractivity contribution in [2.75, 3.05) is 51.3 Å². The molecule has 0 spiro atoms. The molecule has 0 N–H and O–H groups in total. The largest absolute Gasteiger partial charge is 0.495 e. The molecule has 174 valence electrons. The van der Waals surface area contributed by atoms with Gasteiger partial charge in [-0.1, -0.05) is 17.7 Å². The Hall–Kier alpha value is -2.91. The van der Waals surface area contributed by atoms with Crippen LogP contribution in [0.25, 0.3) is 0 Å². The van der Waals surface area contributed by atoms with Gasteiger partial charge in [-0.2, -0.15) is 5.10 Å². The van der Waals surface area contributed by atoms with Gasteiger partial charge >= 0.3 is 0 Å². The summed E-state index contributed by atoms with van der Waals surface area (Å²) in [5.41, 5.74) is 2.73. The second-order valence-electron chi connectivity index (χ2n) is 7.53. The van der Waals surface area contributed by atoms with Crippen LogP contribution in [0.5, 0.6) is 5.75 Å². The Balaban J connectivity index is 1.43. The van der Waals surface area contributed by atoms with Gasteiger partial charge in [0.15, 0.2) is 5.84 Å². The van der Waals surface area contributed by atoms with E-state index in [1.54, 1.807) is 18.3 Å². The molecule has 1 amide bonds. The van der Waals surface area contributed by atoms with E-state index >= 15 is 0 Å². The number of amidine groups is 1. The first-order chi connectivity index (χ1) is 16.0. The summed E-state index contributed by atoms with van der Waals surface area (Å²) in [6, 6.07) is 5.75. The number of hydrogen-bond donors (Lipinski definition) is 0. The van der Waals surface area contributed by atoms with Crippen molar-refractivity contribution in [3.05, 3.63) is 51.5 Å². The topological polar surface area (TPSA) is 73.6 Å². The number of hydrazone groups is 1. The summed E-state index contributed by atoms with van der Waals surface area (Å²) in [4.78, 5) is 26.3. The highest BCUT2D eigenvalue weighted by atomic mass is 35.5. The Morgan fingerprint density at radius 3 is 2.73 bits per heavy atom. The van der Waals surface area contributed by atoms with Gasteiger partial charge in [-0.15, -0.1) is 11.3 Å². The van der Waals surface area contributed by atoms with Crippen LogP contribution in [0.3, 0.4) is 0 Å². The molecule has 8 nitrogen and oxygen atoms in total. The van der Waals surface area contributed by atoms with Crippen LogP contribution < -0.4 is 9.64 Å². The van der Waals surface area contributed by atoms with E-state index < -0.39 is 0 Å². The molecule has 2 aliphatic heterocycles. The number of methoxy groups -OCH3 is 1. The van der Waals surface area contributed by atoms with Crippen LogP contribution in [-0.2, 0) is 4.79 Å². The summed E-state index contributed by atoms with van der Waals surface area (Å²) in [6.45, 7) is 7.45. The van der Waals surface area contributed by atoms with Crippen molar-refractivity contribution in [3.63, 3.8) is 0 Å². The monoisotopic (exact) mass is 486 g/mol. The molecule has 0 radical (unpaired) electrons. The van der Waals surface area contributed by atoms with Gasteiger partial charge in [0.05, 0.1) is 12.1 Å². The standard InChI is InChI=1S/C23H27ClN6O2S/c1-4-17-21(23-26-8-13-33-23)27-30(22(17)25-5-2)15-20(31)29-11-9-28(10-12-29)16-6-7-18(24)19(14-16)32-3/h4,6-8,13-14H,5,9-12,15H2,1-3H3/b17-4-,25-22?. The number of halogens is 1. The summed E-state index contributed by atoms with van der Waals surface area (Å²) in [5.74, 6) is 1.41. The minimum Gasteiger partial charge on any atom is -0.495 e. The molecule has 33 heavy (non-hydrogen) atoms. The van der Waals surface area contributed by atoms with Crippen molar-refractivity contribution in [2.45, 2.75) is 13.8 Å². The maximum Gasteiger partial charge on any atom is 0.244 e. The number of allylic oxidation sites excluding steroid dienone is 1. The highest BCUT2D eigenvalue weighted by molar-refractivity contribution is 7.12. The predicted octanol–water partition coefficient (Wildman–Crippen LogP) is 3.54. The summed E-state index contributed by atoms with van der Waals surface area (Å²) in [6.07, 6.45) is 3.74. The number of thiazole rings is 1. The van der Waals surface area contributed by atoms with Gasteiger partial charge in [-0.05, 0) is 26.0 Å². The van der Waals surface area contributed by atoms with E-state index in [1.807, 2.05) is 48.4 Å². The third-order valence-corrected chi connectivity index (χ3v) is 6.70. The summed E-state index contributed by atoms with van der Waals surface area (Å²) in [7, 11) is 1.61. The second kappa shape index (κ2) is 10.4. The molecule has 0 unspecified atom stereocenters. The lowest BCUT2D eigenvalue weighted by Gasteiger charge is -2.36. The Kier molecular flexibility index (Phi) is 7.29. The Bertz CT molecular complexity index is 1090. The number of rotatable bonds is 6. The quantitative estimate of drug-likeness (QED) is 0.624. The van der Waals surface area contributed by atoms with Crippen molar-refractivity contribution >= 4 is 46.1 Å². The van der Waals surface area contributed by atoms with Crippen molar-refractivity contribution in [2.24, 2.45) is 10.1 Å². The van der Waals surface area contributed by atoms with E-state index in [1.165, 1.54) is 11.3 Å². The van der Waals surface area contributed by atoms with Gasteiger partial charge in [0.2, 0.25) is 5.91 Å². The number of aliphatic imine (C=N–C) groups is 1. The molecular formula is C23H27ClN6O2S. The first-order valence-corrected chi connectivity index (χ1v) is 12.1. The SMILES string of the molecule is C/C=C1/C(c2nccs2)=NN(CC(=O)N2CCN(c3ccc(Cl)c(OC)c3)CC2)C1=NCC. The average Bonchev–Trinajstić information content (AvgIpc) is 3.48. The molecule has 0 atom stereocenters. The van der Waals surface area contributed by atoms with Crippen molar-refractivity contribution in [1.29, 1.82) is 0 Å². The normalized spacial score (nSPS) is 18.9. The van der Waals surface area contributed by atoms with Crippen LogP contribution in [0.4, 0.5) is 5.69 Å². The van der Waals surface area contributed by atoms with E-state index in [0.717, 1.165) is 40.9 Å². The maximum atomic E-state index is 13.2. The minimum atomic E-state index is 0.0340. The van der Waals surface area contributed by atoms with Gasteiger partial charge in [-0.3, -0.25) is 9.79 Å². The van der Waals surface area contributed by atoms with Crippen LogP contribution in [0, 0.1) is 0 Å². The van der Waals surface area contributed by atoms with Crippen LogP contribution in [0.2, 0.25) is 5.02 Å². The number of benzene rings is 1. The van der Waals surface area contributed by atoms with Crippen LogP contribution in [0.15, 0.2) is 51.5 Å². The molecule has 2 aromatic rings. The molecule has 2 aliphatic rings. The third-order valence-electron chi connectivity index (χ3n) is 5.61. The van der Waals surface area contributed by atoms with E-state index in [0.29, 0.717) is 30.4 Å². The summed E-state index contributed by atoms with van der Waals surface area (Å²) < 4.78 is 5.33. The van der Waals surface area contributed by atoms with E-state index in [4.69, 9.17) is 21.4 Å². The number of ether oxygens (including phenoxy) is 1. The van der Waals surface area contributed by atoms with Gasteiger partial charge in [0.25, 0.3) is 0 Å². The van der Waals surface area contributed by atoms with Gasteiger partial charge in [-0.25, -0.2) is 9.99 Å². The molecule has 3 heterocycles. The molecule has 1 aromatic heterocycles. The molecule has 4 rings (SSSR count). The zero-order chi connectivity index (χ0) is 23.4. The van der Waals surface area contributed by atoms with E-state index in [9.17, 15) is 4.79 Å². The summed E-state index contributed by atoms with van der Waals surface area (Å²) in [5, 5.41) is 9.77. The highest BCUT2D eigenvalue weighted by Gasteiger charge is 2.32.